The minimum atomic E-state index is -0.812. The Kier molecular flexibility index (Phi) is 3.86. The Hall–Kier alpha value is -3.06. The lowest BCUT2D eigenvalue weighted by molar-refractivity contribution is 0.0705. The van der Waals surface area contributed by atoms with Crippen molar-refractivity contribution in [3.05, 3.63) is 66.0 Å². The zero-order chi connectivity index (χ0) is 16.4. The number of pyridine rings is 2. The van der Waals surface area contributed by atoms with Crippen LogP contribution >= 0.6 is 0 Å². The quantitative estimate of drug-likeness (QED) is 0.572. The fourth-order valence-electron chi connectivity index (χ4n) is 2.27. The molecule has 0 radical (unpaired) electrons. The third-order valence-corrected chi connectivity index (χ3v) is 3.46. The maximum atomic E-state index is 14.1. The van der Waals surface area contributed by atoms with Crippen LogP contribution in [-0.4, -0.2) is 25.6 Å². The fourth-order valence-corrected chi connectivity index (χ4v) is 2.27. The van der Waals surface area contributed by atoms with Gasteiger partial charge in [0, 0.05) is 24.0 Å². The molecule has 0 aliphatic heterocycles. The predicted molar refractivity (Wildman–Crippen MR) is 82.4 cm³/mol. The van der Waals surface area contributed by atoms with Crippen LogP contribution in [0.25, 0.3) is 17.1 Å². The lowest BCUT2D eigenvalue weighted by Crippen LogP contribution is -2.19. The lowest BCUT2D eigenvalue weighted by atomic mass is 10.2. The molecule has 0 unspecified atom stereocenters. The number of amides is 1. The summed E-state index contributed by atoms with van der Waals surface area (Å²) in [5.41, 5.74) is 3.16. The van der Waals surface area contributed by atoms with Crippen LogP contribution in [0, 0.1) is 5.82 Å². The second-order valence-corrected chi connectivity index (χ2v) is 4.92. The Labute approximate surface area is 130 Å². The van der Waals surface area contributed by atoms with Crippen molar-refractivity contribution < 1.29 is 14.4 Å². The summed E-state index contributed by atoms with van der Waals surface area (Å²) in [6.45, 7) is 3.87. The van der Waals surface area contributed by atoms with Crippen LogP contribution in [-0.2, 0) is 6.54 Å². The first-order valence-corrected chi connectivity index (χ1v) is 6.78. The molecule has 116 valence electrons. The average Bonchev–Trinajstić information content (AvgIpc) is 2.98. The number of hydrogen-bond donors (Lipinski definition) is 2. The minimum Gasteiger partial charge on any atom is -0.326 e. The maximum absolute atomic E-state index is 14.1. The van der Waals surface area contributed by atoms with Crippen LogP contribution < -0.4 is 5.48 Å². The van der Waals surface area contributed by atoms with Crippen molar-refractivity contribution in [3.8, 4) is 0 Å². The summed E-state index contributed by atoms with van der Waals surface area (Å²) in [7, 11) is 0. The second kappa shape index (κ2) is 5.98. The SMILES string of the molecule is C=Cc1cnc2c(ccn2Cc2ncc(C(=O)NO)cc2F)c1. The van der Waals surface area contributed by atoms with Gasteiger partial charge in [-0.1, -0.05) is 12.7 Å². The predicted octanol–water partition coefficient (Wildman–Crippen LogP) is 2.38. The zero-order valence-electron chi connectivity index (χ0n) is 12.0. The number of nitrogens with zero attached hydrogens (tertiary/aromatic N) is 3. The van der Waals surface area contributed by atoms with E-state index >= 15 is 0 Å². The lowest BCUT2D eigenvalue weighted by Gasteiger charge is -2.07. The average molecular weight is 312 g/mol. The molecule has 3 heterocycles. The Bertz CT molecular complexity index is 904. The number of halogens is 1. The first kappa shape index (κ1) is 14.9. The van der Waals surface area contributed by atoms with Crippen LogP contribution in [0.3, 0.4) is 0 Å². The molecule has 0 fully saturated rings. The van der Waals surface area contributed by atoms with Gasteiger partial charge in [0.15, 0.2) is 0 Å². The van der Waals surface area contributed by atoms with E-state index < -0.39 is 11.7 Å². The number of hydrogen-bond acceptors (Lipinski definition) is 4. The maximum Gasteiger partial charge on any atom is 0.276 e. The standard InChI is InChI=1S/C16H13FN4O2/c1-2-10-5-11-3-4-21(15(11)19-7-10)9-14-13(17)6-12(8-18-14)16(22)20-23/h2-8,23H,1,9H2,(H,20,22). The molecule has 7 heteroatoms. The molecule has 0 aliphatic carbocycles. The van der Waals surface area contributed by atoms with Crippen LogP contribution in [0.5, 0.6) is 0 Å². The molecule has 0 aromatic carbocycles. The van der Waals surface area contributed by atoms with Gasteiger partial charge >= 0.3 is 0 Å². The molecule has 1 amide bonds. The second-order valence-electron chi connectivity index (χ2n) is 4.92. The molecule has 0 saturated heterocycles. The highest BCUT2D eigenvalue weighted by molar-refractivity contribution is 5.93. The van der Waals surface area contributed by atoms with Crippen LogP contribution in [0.4, 0.5) is 4.39 Å². The highest BCUT2D eigenvalue weighted by atomic mass is 19.1. The van der Waals surface area contributed by atoms with Gasteiger partial charge in [0.25, 0.3) is 5.91 Å². The molecule has 0 aliphatic rings. The highest BCUT2D eigenvalue weighted by Crippen LogP contribution is 2.18. The van der Waals surface area contributed by atoms with Gasteiger partial charge in [-0.2, -0.15) is 0 Å². The third-order valence-electron chi connectivity index (χ3n) is 3.46. The van der Waals surface area contributed by atoms with Crippen molar-refractivity contribution in [3.63, 3.8) is 0 Å². The zero-order valence-corrected chi connectivity index (χ0v) is 12.0. The smallest absolute Gasteiger partial charge is 0.276 e. The van der Waals surface area contributed by atoms with Crippen molar-refractivity contribution in [2.24, 2.45) is 0 Å². The fraction of sp³-hybridized carbons (Fsp3) is 0.0625. The van der Waals surface area contributed by atoms with Crippen LogP contribution in [0.2, 0.25) is 0 Å². The van der Waals surface area contributed by atoms with Gasteiger partial charge in [-0.3, -0.25) is 15.0 Å². The van der Waals surface area contributed by atoms with Crippen molar-refractivity contribution in [1.29, 1.82) is 0 Å². The van der Waals surface area contributed by atoms with E-state index in [-0.39, 0.29) is 17.8 Å². The Balaban J connectivity index is 1.93. The van der Waals surface area contributed by atoms with E-state index in [1.54, 1.807) is 23.0 Å². The van der Waals surface area contributed by atoms with Gasteiger partial charge in [-0.05, 0) is 23.8 Å². The Morgan fingerprint density at radius 3 is 2.91 bits per heavy atom. The molecule has 6 nitrogen and oxygen atoms in total. The summed E-state index contributed by atoms with van der Waals surface area (Å²) in [5, 5.41) is 9.46. The van der Waals surface area contributed by atoms with Crippen LogP contribution in [0.1, 0.15) is 21.6 Å². The van der Waals surface area contributed by atoms with Gasteiger partial charge in [-0.15, -0.1) is 0 Å². The van der Waals surface area contributed by atoms with E-state index in [0.29, 0.717) is 5.65 Å². The Morgan fingerprint density at radius 2 is 2.22 bits per heavy atom. The van der Waals surface area contributed by atoms with Crippen molar-refractivity contribution >= 4 is 23.0 Å². The number of rotatable bonds is 4. The number of fused-ring (bicyclic) bond motifs is 1. The molecule has 0 bridgehead atoms. The van der Waals surface area contributed by atoms with Crippen molar-refractivity contribution in [2.75, 3.05) is 0 Å². The summed E-state index contributed by atoms with van der Waals surface area (Å²) < 4.78 is 15.8. The molecule has 23 heavy (non-hydrogen) atoms. The van der Waals surface area contributed by atoms with E-state index in [4.69, 9.17) is 5.21 Å². The topological polar surface area (TPSA) is 80.0 Å². The number of aromatic nitrogens is 3. The van der Waals surface area contributed by atoms with Gasteiger partial charge in [0.05, 0.1) is 17.8 Å². The summed E-state index contributed by atoms with van der Waals surface area (Å²) in [5.74, 6) is -1.44. The molecule has 3 aromatic rings. The van der Waals surface area contributed by atoms with E-state index in [1.165, 1.54) is 11.7 Å². The number of nitrogens with one attached hydrogen (secondary N) is 1. The molecule has 0 atom stereocenters. The van der Waals surface area contributed by atoms with Crippen molar-refractivity contribution in [1.82, 2.24) is 20.0 Å². The molecule has 3 aromatic heterocycles. The molecule has 0 spiro atoms. The third kappa shape index (κ3) is 2.82. The van der Waals surface area contributed by atoms with Gasteiger partial charge in [-0.25, -0.2) is 14.9 Å². The highest BCUT2D eigenvalue weighted by Gasteiger charge is 2.12. The summed E-state index contributed by atoms with van der Waals surface area (Å²) >= 11 is 0. The molecule has 0 saturated carbocycles. The Morgan fingerprint density at radius 1 is 1.39 bits per heavy atom. The van der Waals surface area contributed by atoms with Gasteiger partial charge < -0.3 is 4.57 Å². The summed E-state index contributed by atoms with van der Waals surface area (Å²) in [4.78, 5) is 19.5. The number of carbonyl (C=O) groups is 1. The largest absolute Gasteiger partial charge is 0.326 e. The van der Waals surface area contributed by atoms with E-state index in [2.05, 4.69) is 16.5 Å². The first-order chi connectivity index (χ1) is 11.1. The number of carbonyl (C=O) groups excluding carboxylic acids is 1. The van der Waals surface area contributed by atoms with Crippen molar-refractivity contribution in [2.45, 2.75) is 6.54 Å². The van der Waals surface area contributed by atoms with E-state index in [0.717, 1.165) is 17.0 Å². The molecular formula is C16H13FN4O2. The normalized spacial score (nSPS) is 10.7. The van der Waals surface area contributed by atoms with Crippen LogP contribution in [0.15, 0.2) is 43.4 Å². The molecule has 3 rings (SSSR count). The number of hydroxylamine groups is 1. The first-order valence-electron chi connectivity index (χ1n) is 6.78. The molecule has 2 N–H and O–H groups in total. The van der Waals surface area contributed by atoms with Gasteiger partial charge in [0.1, 0.15) is 11.5 Å². The minimum absolute atomic E-state index is 0.0557. The summed E-state index contributed by atoms with van der Waals surface area (Å²) in [6.07, 6.45) is 6.39. The van der Waals surface area contributed by atoms with E-state index in [9.17, 15) is 9.18 Å². The van der Waals surface area contributed by atoms with E-state index in [1.807, 2.05) is 12.1 Å². The monoisotopic (exact) mass is 312 g/mol. The molecular weight excluding hydrogens is 299 g/mol. The van der Waals surface area contributed by atoms with Gasteiger partial charge in [0.2, 0.25) is 0 Å². The summed E-state index contributed by atoms with van der Waals surface area (Å²) in [6, 6.07) is 4.84.